The van der Waals surface area contributed by atoms with Gasteiger partial charge in [0.15, 0.2) is 0 Å². The first-order valence-corrected chi connectivity index (χ1v) is 16.3. The Balaban J connectivity index is 1.74. The van der Waals surface area contributed by atoms with Crippen molar-refractivity contribution in [2.45, 2.75) is 145 Å². The summed E-state index contributed by atoms with van der Waals surface area (Å²) in [7, 11) is 0. The number of hydrogen-bond acceptors (Lipinski definition) is 9. The number of carboxylic acid groups (broad SMARTS) is 1. The molecule has 0 aromatic rings. The van der Waals surface area contributed by atoms with Crippen molar-refractivity contribution < 1.29 is 30.3 Å². The van der Waals surface area contributed by atoms with Crippen LogP contribution in [0.2, 0.25) is 0 Å². The molecule has 3 heterocycles. The van der Waals surface area contributed by atoms with Gasteiger partial charge in [-0.05, 0) is 97.4 Å². The van der Waals surface area contributed by atoms with Gasteiger partial charge in [0.2, 0.25) is 0 Å². The molecule has 9 N–H and O–H groups in total. The Kier molecular flexibility index (Phi) is 14.0. The highest BCUT2D eigenvalue weighted by molar-refractivity contribution is 5.68. The lowest BCUT2D eigenvalue weighted by Gasteiger charge is -2.42. The molecule has 2 saturated heterocycles. The molecule has 0 spiro atoms. The smallest absolute Gasteiger partial charge is 0.306 e. The van der Waals surface area contributed by atoms with Crippen molar-refractivity contribution in [3.05, 3.63) is 0 Å². The molecule has 42 heavy (non-hydrogen) atoms. The lowest BCUT2D eigenvalue weighted by molar-refractivity contribution is -0.143. The monoisotopic (exact) mass is 594 g/mol. The number of carboxylic acids is 1. The van der Waals surface area contributed by atoms with Crippen molar-refractivity contribution >= 4 is 5.97 Å². The van der Waals surface area contributed by atoms with E-state index < -0.39 is 17.7 Å². The number of carbonyl (C=O) groups is 1. The van der Waals surface area contributed by atoms with Crippen molar-refractivity contribution in [2.24, 2.45) is 11.8 Å². The fourth-order valence-electron chi connectivity index (χ4n) is 6.97. The molecule has 2 fully saturated rings. The zero-order valence-corrected chi connectivity index (χ0v) is 26.1. The van der Waals surface area contributed by atoms with E-state index in [9.17, 15) is 30.3 Å². The van der Waals surface area contributed by atoms with Crippen molar-refractivity contribution in [3.8, 4) is 11.8 Å². The second-order valence-corrected chi connectivity index (χ2v) is 13.9. The fraction of sp³-hybridized carbons (Fsp3) is 0.906. The lowest BCUT2D eigenvalue weighted by atomic mass is 9.81. The van der Waals surface area contributed by atoms with Gasteiger partial charge in [-0.2, -0.15) is 0 Å². The van der Waals surface area contributed by atoms with Crippen LogP contribution < -0.4 is 21.3 Å². The SMILES string of the molecule is CC(O)CNC(CCC1C#CCC2CC(C)(CCN2)NCC(O)(CC(=O)O)CCC(CO)C1)CC1CCC(O)C(C)N1. The summed E-state index contributed by atoms with van der Waals surface area (Å²) in [6.45, 7) is 7.46. The van der Waals surface area contributed by atoms with Crippen LogP contribution in [0, 0.1) is 23.7 Å². The Labute approximate surface area is 252 Å². The van der Waals surface area contributed by atoms with E-state index in [1.165, 1.54) is 0 Å². The molecule has 10 heteroatoms. The number of rotatable bonds is 11. The third-order valence-corrected chi connectivity index (χ3v) is 9.70. The number of β-amino-alcohol motifs (C(OH)–C–C–N with tert-alkyl or cyclic N) is 1. The molecule has 0 radical (unpaired) electrons. The first kappa shape index (κ1) is 35.2. The Morgan fingerprint density at radius 2 is 2.00 bits per heavy atom. The van der Waals surface area contributed by atoms with E-state index >= 15 is 0 Å². The second kappa shape index (κ2) is 16.7. The van der Waals surface area contributed by atoms with Crippen LogP contribution in [0.15, 0.2) is 0 Å². The van der Waals surface area contributed by atoms with Gasteiger partial charge in [-0.15, -0.1) is 5.92 Å². The summed E-state index contributed by atoms with van der Waals surface area (Å²) in [5.41, 5.74) is -1.60. The third kappa shape index (κ3) is 12.0. The van der Waals surface area contributed by atoms with Gasteiger partial charge in [-0.3, -0.25) is 4.79 Å². The Hall–Kier alpha value is -1.29. The maximum atomic E-state index is 11.7. The Morgan fingerprint density at radius 3 is 2.69 bits per heavy atom. The number of hydrogen-bond donors (Lipinski definition) is 9. The average molecular weight is 595 g/mol. The molecule has 0 aromatic carbocycles. The fourth-order valence-corrected chi connectivity index (χ4v) is 6.97. The maximum absolute atomic E-state index is 11.7. The summed E-state index contributed by atoms with van der Waals surface area (Å²) in [6, 6.07) is 0.739. The molecule has 3 aliphatic rings. The second-order valence-electron chi connectivity index (χ2n) is 13.9. The van der Waals surface area contributed by atoms with Gasteiger partial charge in [-0.25, -0.2) is 0 Å². The van der Waals surface area contributed by atoms with E-state index in [0.717, 1.165) is 51.5 Å². The highest BCUT2D eigenvalue weighted by Gasteiger charge is 2.37. The predicted octanol–water partition coefficient (Wildman–Crippen LogP) is 1.11. The number of aliphatic hydroxyl groups is 4. The van der Waals surface area contributed by atoms with Crippen LogP contribution in [0.5, 0.6) is 0 Å². The molecule has 3 rings (SSSR count). The average Bonchev–Trinajstić information content (AvgIpc) is 2.92. The maximum Gasteiger partial charge on any atom is 0.306 e. The molecule has 242 valence electrons. The molecule has 0 aliphatic carbocycles. The minimum Gasteiger partial charge on any atom is -0.481 e. The van der Waals surface area contributed by atoms with Crippen LogP contribution >= 0.6 is 0 Å². The minimum absolute atomic E-state index is 0.0351. The number of piperidine rings is 2. The predicted molar refractivity (Wildman–Crippen MR) is 164 cm³/mol. The topological polar surface area (TPSA) is 166 Å². The molecule has 0 amide bonds. The highest BCUT2D eigenvalue weighted by Crippen LogP contribution is 2.30. The standard InChI is InChI=1S/C32H58N4O6/c1-22(38)19-34-26(16-27-9-10-29(39)23(2)36-27)8-7-24-5-4-6-28-17-31(3,13-14-33-28)35-21-32(42,18-30(40)41)12-11-25(15-24)20-37/h22-29,33-39,42H,6-21H2,1-3H3,(H,40,41). The third-order valence-electron chi connectivity index (χ3n) is 9.70. The molecular formula is C32H58N4O6. The van der Waals surface area contributed by atoms with Crippen LogP contribution in [0.1, 0.15) is 97.8 Å². The lowest BCUT2D eigenvalue weighted by Crippen LogP contribution is -2.57. The molecule has 10 unspecified atom stereocenters. The van der Waals surface area contributed by atoms with Crippen molar-refractivity contribution in [1.29, 1.82) is 0 Å². The van der Waals surface area contributed by atoms with Crippen molar-refractivity contribution in [2.75, 3.05) is 26.2 Å². The number of fused-ring (bicyclic) bond motifs is 2. The van der Waals surface area contributed by atoms with Crippen LogP contribution in [0.4, 0.5) is 0 Å². The quantitative estimate of drug-likeness (QED) is 0.158. The summed E-state index contributed by atoms with van der Waals surface area (Å²) in [5.74, 6) is 5.95. The largest absolute Gasteiger partial charge is 0.481 e. The van der Waals surface area contributed by atoms with E-state index in [0.29, 0.717) is 38.3 Å². The molecule has 10 nitrogen and oxygen atoms in total. The summed E-state index contributed by atoms with van der Waals surface area (Å²) in [4.78, 5) is 11.7. The Bertz CT molecular complexity index is 896. The molecule has 2 bridgehead atoms. The Morgan fingerprint density at radius 1 is 1.21 bits per heavy atom. The summed E-state index contributed by atoms with van der Waals surface area (Å²) < 4.78 is 0. The first-order chi connectivity index (χ1) is 19.9. The zero-order chi connectivity index (χ0) is 30.8. The van der Waals surface area contributed by atoms with Crippen LogP contribution in [0.3, 0.4) is 0 Å². The molecule has 3 aliphatic heterocycles. The van der Waals surface area contributed by atoms with Crippen molar-refractivity contribution in [3.63, 3.8) is 0 Å². The van der Waals surface area contributed by atoms with Gasteiger partial charge in [-0.1, -0.05) is 5.92 Å². The van der Waals surface area contributed by atoms with Gasteiger partial charge in [0.1, 0.15) is 0 Å². The number of aliphatic carboxylic acids is 1. The molecule has 10 atom stereocenters. The van der Waals surface area contributed by atoms with Crippen molar-refractivity contribution in [1.82, 2.24) is 21.3 Å². The number of nitrogens with one attached hydrogen (secondary N) is 4. The van der Waals surface area contributed by atoms with Crippen LogP contribution in [-0.2, 0) is 4.79 Å². The highest BCUT2D eigenvalue weighted by atomic mass is 16.4. The van der Waals surface area contributed by atoms with E-state index in [1.807, 2.05) is 6.92 Å². The molecule has 0 saturated carbocycles. The van der Waals surface area contributed by atoms with E-state index in [2.05, 4.69) is 40.0 Å². The molecular weight excluding hydrogens is 536 g/mol. The first-order valence-electron chi connectivity index (χ1n) is 16.3. The minimum atomic E-state index is -1.39. The zero-order valence-electron chi connectivity index (χ0n) is 26.1. The molecule has 0 aromatic heterocycles. The van der Waals surface area contributed by atoms with Gasteiger partial charge < -0.3 is 46.8 Å². The van der Waals surface area contributed by atoms with Gasteiger partial charge in [0, 0.05) is 61.7 Å². The summed E-state index contributed by atoms with van der Waals surface area (Å²) in [6.07, 6.45) is 7.15. The van der Waals surface area contributed by atoms with Gasteiger partial charge >= 0.3 is 5.97 Å². The van der Waals surface area contributed by atoms with Crippen LogP contribution in [-0.4, -0.2) is 105 Å². The van der Waals surface area contributed by atoms with Crippen LogP contribution in [0.25, 0.3) is 0 Å². The summed E-state index contributed by atoms with van der Waals surface area (Å²) >= 11 is 0. The van der Waals surface area contributed by atoms with E-state index in [4.69, 9.17) is 0 Å². The van der Waals surface area contributed by atoms with Gasteiger partial charge in [0.25, 0.3) is 0 Å². The van der Waals surface area contributed by atoms with Gasteiger partial charge in [0.05, 0.1) is 24.2 Å². The number of aliphatic hydroxyl groups excluding tert-OH is 3. The van der Waals surface area contributed by atoms with E-state index in [-0.39, 0.29) is 61.2 Å². The normalized spacial score (nSPS) is 38.0. The summed E-state index contributed by atoms with van der Waals surface area (Å²) in [5, 5.41) is 65.5. The van der Waals surface area contributed by atoms with E-state index in [1.54, 1.807) is 6.92 Å².